The van der Waals surface area contributed by atoms with E-state index in [9.17, 15) is 18.0 Å². The van der Waals surface area contributed by atoms with Gasteiger partial charge in [-0.05, 0) is 25.1 Å². The maximum atomic E-state index is 12.2. The van der Waals surface area contributed by atoms with Crippen molar-refractivity contribution in [1.29, 1.82) is 0 Å². The first-order chi connectivity index (χ1) is 12.2. The van der Waals surface area contributed by atoms with Crippen LogP contribution in [0.4, 0.5) is 5.69 Å². The van der Waals surface area contributed by atoms with Gasteiger partial charge in [0, 0.05) is 19.8 Å². The van der Waals surface area contributed by atoms with Crippen LogP contribution in [-0.4, -0.2) is 58.0 Å². The van der Waals surface area contributed by atoms with Crippen LogP contribution in [0.1, 0.15) is 6.92 Å². The van der Waals surface area contributed by atoms with Crippen molar-refractivity contribution in [3.63, 3.8) is 0 Å². The summed E-state index contributed by atoms with van der Waals surface area (Å²) in [5.74, 6) is -1.55. The molecule has 1 aromatic carbocycles. The molecule has 1 aliphatic rings. The number of esters is 1. The Kier molecular flexibility index (Phi) is 6.22. The van der Waals surface area contributed by atoms with E-state index in [1.54, 1.807) is 0 Å². The molecule has 0 bridgehead atoms. The zero-order valence-electron chi connectivity index (χ0n) is 14.6. The first-order valence-electron chi connectivity index (χ1n) is 7.71. The van der Waals surface area contributed by atoms with Crippen LogP contribution in [0.15, 0.2) is 41.2 Å². The molecule has 2 rings (SSSR count). The second kappa shape index (κ2) is 8.19. The summed E-state index contributed by atoms with van der Waals surface area (Å²) in [4.78, 5) is 24.1. The summed E-state index contributed by atoms with van der Waals surface area (Å²) in [6, 6.07) is 5.77. The molecule has 1 heterocycles. The van der Waals surface area contributed by atoms with Crippen molar-refractivity contribution in [2.24, 2.45) is 0 Å². The number of nitrogens with zero attached hydrogens (tertiary/aromatic N) is 1. The van der Waals surface area contributed by atoms with Crippen LogP contribution in [0.5, 0.6) is 0 Å². The van der Waals surface area contributed by atoms with E-state index in [-0.39, 0.29) is 22.9 Å². The van der Waals surface area contributed by atoms with E-state index in [1.165, 1.54) is 45.3 Å². The third-order valence-corrected chi connectivity index (χ3v) is 5.19. The minimum atomic E-state index is -3.63. The van der Waals surface area contributed by atoms with Gasteiger partial charge >= 0.3 is 5.97 Å². The number of hydrogen-bond donors (Lipinski definition) is 1. The van der Waals surface area contributed by atoms with Crippen LogP contribution < -0.4 is 5.32 Å². The third-order valence-electron chi connectivity index (χ3n) is 3.38. The fourth-order valence-corrected chi connectivity index (χ4v) is 2.88. The molecule has 1 amide bonds. The first-order valence-corrected chi connectivity index (χ1v) is 9.15. The number of carbonyl (C=O) groups is 2. The second-order valence-corrected chi connectivity index (χ2v) is 7.71. The molecular formula is C16H20N2O7S. The molecule has 0 radical (unpaired) electrons. The molecule has 0 unspecified atom stereocenters. The van der Waals surface area contributed by atoms with E-state index < -0.39 is 28.0 Å². The van der Waals surface area contributed by atoms with E-state index in [0.717, 1.165) is 10.6 Å². The van der Waals surface area contributed by atoms with E-state index in [1.807, 2.05) is 0 Å². The molecule has 26 heavy (non-hydrogen) atoms. The Labute approximate surface area is 151 Å². The summed E-state index contributed by atoms with van der Waals surface area (Å²) in [6.07, 6.45) is 0.00880. The molecule has 1 aliphatic heterocycles. The van der Waals surface area contributed by atoms with Crippen molar-refractivity contribution in [3.8, 4) is 0 Å². The predicted octanol–water partition coefficient (Wildman–Crippen LogP) is 0.695. The maximum absolute atomic E-state index is 12.2. The number of carbonyl (C=O) groups excluding carboxylic acids is 2. The molecule has 0 fully saturated rings. The molecule has 10 heteroatoms. The van der Waals surface area contributed by atoms with E-state index >= 15 is 0 Å². The van der Waals surface area contributed by atoms with Gasteiger partial charge in [-0.2, -0.15) is 0 Å². The Morgan fingerprint density at radius 2 is 2.00 bits per heavy atom. The first kappa shape index (κ1) is 19.7. The number of ether oxygens (including phenoxy) is 3. The lowest BCUT2D eigenvalue weighted by atomic mass is 10.3. The summed E-state index contributed by atoms with van der Waals surface area (Å²) >= 11 is 0. The Morgan fingerprint density at radius 1 is 1.27 bits per heavy atom. The number of benzene rings is 1. The fraction of sp³-hybridized carbons (Fsp3) is 0.375. The van der Waals surface area contributed by atoms with Crippen molar-refractivity contribution in [2.45, 2.75) is 17.9 Å². The Morgan fingerprint density at radius 3 is 2.62 bits per heavy atom. The molecule has 142 valence electrons. The minimum Gasteiger partial charge on any atom is -0.493 e. The smallest absolute Gasteiger partial charge is 0.377 e. The summed E-state index contributed by atoms with van der Waals surface area (Å²) in [5.41, 5.74) is 0.261. The number of sulfonamides is 1. The average Bonchev–Trinajstić information content (AvgIpc) is 2.62. The highest BCUT2D eigenvalue weighted by Gasteiger charge is 2.24. The van der Waals surface area contributed by atoms with Crippen molar-refractivity contribution >= 4 is 27.6 Å². The highest BCUT2D eigenvalue weighted by atomic mass is 32.2. The fourth-order valence-electron chi connectivity index (χ4n) is 1.94. The van der Waals surface area contributed by atoms with Crippen LogP contribution in [0.25, 0.3) is 0 Å². The summed E-state index contributed by atoms with van der Waals surface area (Å²) < 4.78 is 40.4. The Hall–Kier alpha value is -2.59. The van der Waals surface area contributed by atoms with E-state index in [2.05, 4.69) is 5.32 Å². The van der Waals surface area contributed by atoms with Crippen LogP contribution >= 0.6 is 0 Å². The molecule has 0 saturated carbocycles. The lowest BCUT2D eigenvalue weighted by molar-refractivity contribution is -0.153. The Bertz CT molecular complexity index is 818. The van der Waals surface area contributed by atoms with Gasteiger partial charge in [0.1, 0.15) is 19.5 Å². The predicted molar refractivity (Wildman–Crippen MR) is 91.5 cm³/mol. The zero-order chi connectivity index (χ0) is 19.3. The second-order valence-electron chi connectivity index (χ2n) is 5.55. The standard InChI is InChI=1S/C16H20N2O7S/c1-11(25-16(20)14-10-23-7-8-24-14)15(19)17-12-5-4-6-13(9-12)26(21,22)18(2)3/h4-6,9-11H,7-8H2,1-3H3,(H,17,19)/t11-/m0/s1. The molecule has 0 aliphatic carbocycles. The number of hydrogen-bond acceptors (Lipinski definition) is 7. The lowest BCUT2D eigenvalue weighted by Crippen LogP contribution is -2.31. The molecule has 1 aromatic rings. The van der Waals surface area contributed by atoms with Gasteiger partial charge in [-0.3, -0.25) is 4.79 Å². The molecule has 1 N–H and O–H groups in total. The highest BCUT2D eigenvalue weighted by molar-refractivity contribution is 7.89. The molecule has 9 nitrogen and oxygen atoms in total. The monoisotopic (exact) mass is 384 g/mol. The lowest BCUT2D eigenvalue weighted by Gasteiger charge is -2.17. The van der Waals surface area contributed by atoms with Gasteiger partial charge in [0.05, 0.1) is 4.90 Å². The normalized spacial score (nSPS) is 15.3. The van der Waals surface area contributed by atoms with Crippen molar-refractivity contribution < 1.29 is 32.2 Å². The molecule has 0 saturated heterocycles. The Balaban J connectivity index is 2.03. The number of amides is 1. The number of anilines is 1. The molecular weight excluding hydrogens is 364 g/mol. The van der Waals surface area contributed by atoms with Crippen molar-refractivity contribution in [2.75, 3.05) is 32.6 Å². The summed E-state index contributed by atoms with van der Waals surface area (Å²) in [6.45, 7) is 1.94. The number of nitrogens with one attached hydrogen (secondary N) is 1. The van der Waals surface area contributed by atoms with Crippen LogP contribution in [0, 0.1) is 0 Å². The zero-order valence-corrected chi connectivity index (χ0v) is 15.4. The quantitative estimate of drug-likeness (QED) is 0.719. The van der Waals surface area contributed by atoms with Crippen molar-refractivity contribution in [3.05, 3.63) is 36.3 Å². The SMILES string of the molecule is C[C@H](OC(=O)C1=COCCO1)C(=O)Nc1cccc(S(=O)(=O)N(C)C)c1. The molecule has 1 atom stereocenters. The molecule has 0 aromatic heterocycles. The third kappa shape index (κ3) is 4.73. The van der Waals surface area contributed by atoms with Crippen molar-refractivity contribution in [1.82, 2.24) is 4.31 Å². The summed E-state index contributed by atoms with van der Waals surface area (Å²) in [7, 11) is -0.809. The largest absolute Gasteiger partial charge is 0.493 e. The highest BCUT2D eigenvalue weighted by Crippen LogP contribution is 2.18. The summed E-state index contributed by atoms with van der Waals surface area (Å²) in [5, 5.41) is 2.51. The topological polar surface area (TPSA) is 111 Å². The van der Waals surface area contributed by atoms with E-state index in [0.29, 0.717) is 6.61 Å². The van der Waals surface area contributed by atoms with Crippen LogP contribution in [0.3, 0.4) is 0 Å². The number of rotatable bonds is 6. The minimum absolute atomic E-state index is 0.0304. The van der Waals surface area contributed by atoms with Crippen LogP contribution in [0.2, 0.25) is 0 Å². The van der Waals surface area contributed by atoms with Crippen LogP contribution in [-0.2, 0) is 33.8 Å². The van der Waals surface area contributed by atoms with Gasteiger partial charge in [0.25, 0.3) is 5.91 Å². The van der Waals surface area contributed by atoms with Gasteiger partial charge in [0.15, 0.2) is 6.10 Å². The van der Waals surface area contributed by atoms with Gasteiger partial charge in [-0.15, -0.1) is 0 Å². The van der Waals surface area contributed by atoms with Gasteiger partial charge in [-0.1, -0.05) is 6.07 Å². The average molecular weight is 384 g/mol. The maximum Gasteiger partial charge on any atom is 0.377 e. The molecule has 0 spiro atoms. The van der Waals surface area contributed by atoms with Gasteiger partial charge < -0.3 is 19.5 Å². The van der Waals surface area contributed by atoms with E-state index in [4.69, 9.17) is 14.2 Å². The van der Waals surface area contributed by atoms with Gasteiger partial charge in [0.2, 0.25) is 15.8 Å². The van der Waals surface area contributed by atoms with Gasteiger partial charge in [-0.25, -0.2) is 17.5 Å².